The minimum Gasteiger partial charge on any atom is -0.545 e. The van der Waals surface area contributed by atoms with Crippen molar-refractivity contribution >= 4 is 17.7 Å². The Kier molecular flexibility index (Phi) is 11.7. The van der Waals surface area contributed by atoms with Crippen molar-refractivity contribution in [1.29, 1.82) is 0 Å². The summed E-state index contributed by atoms with van der Waals surface area (Å²) in [6, 6.07) is 0. The molecule has 0 fully saturated rings. The van der Waals surface area contributed by atoms with Crippen LogP contribution in [0.15, 0.2) is 12.2 Å². The second kappa shape index (κ2) is 9.16. The number of rotatable bonds is 4. The van der Waals surface area contributed by atoms with E-state index in [1.54, 1.807) is 17.8 Å². The molecule has 0 saturated heterocycles. The van der Waals surface area contributed by atoms with Gasteiger partial charge in [0, 0.05) is 0 Å². The van der Waals surface area contributed by atoms with Crippen LogP contribution >= 0.6 is 11.8 Å². The van der Waals surface area contributed by atoms with Crippen LogP contribution in [0.5, 0.6) is 0 Å². The summed E-state index contributed by atoms with van der Waals surface area (Å²) in [6.45, 7) is 0. The van der Waals surface area contributed by atoms with E-state index in [1.807, 2.05) is 6.26 Å². The summed E-state index contributed by atoms with van der Waals surface area (Å²) in [5.41, 5.74) is 0. The molecule has 0 atom stereocenters. The van der Waals surface area contributed by atoms with E-state index in [1.165, 1.54) is 0 Å². The van der Waals surface area contributed by atoms with Gasteiger partial charge < -0.3 is 9.90 Å². The van der Waals surface area contributed by atoms with E-state index in [0.29, 0.717) is 0 Å². The van der Waals surface area contributed by atoms with Gasteiger partial charge in [0.05, 0.1) is 5.97 Å². The third-order valence-electron chi connectivity index (χ3n) is 0.743. The number of hydrogen-bond acceptors (Lipinski definition) is 3. The fourth-order valence-corrected chi connectivity index (χ4v) is 0.737. The van der Waals surface area contributed by atoms with Crippen LogP contribution < -0.4 is 24.0 Å². The van der Waals surface area contributed by atoms with E-state index in [4.69, 9.17) is 0 Å². The Balaban J connectivity index is 0. The van der Waals surface area contributed by atoms with E-state index in [-0.39, 0.29) is 18.9 Å². The van der Waals surface area contributed by atoms with Gasteiger partial charge in [0.25, 0.3) is 0 Å². The van der Waals surface area contributed by atoms with Crippen LogP contribution in [-0.4, -0.2) is 18.0 Å². The third kappa shape index (κ3) is 11.0. The third-order valence-corrected chi connectivity index (χ3v) is 1.39. The molecule has 0 aliphatic carbocycles. The quantitative estimate of drug-likeness (QED) is 0.246. The van der Waals surface area contributed by atoms with Gasteiger partial charge in [-0.15, -0.1) is 0 Å². The SMILES string of the molecule is CSCC/C=C/C(=O)[O-].[Li+]. The topological polar surface area (TPSA) is 40.1 Å². The molecule has 0 bridgehead atoms. The van der Waals surface area contributed by atoms with Crippen LogP contribution in [-0.2, 0) is 4.79 Å². The Labute approximate surface area is 77.3 Å². The Morgan fingerprint density at radius 3 is 2.70 bits per heavy atom. The van der Waals surface area contributed by atoms with Crippen LogP contribution in [0.25, 0.3) is 0 Å². The number of carboxylic acids is 1. The van der Waals surface area contributed by atoms with Crippen LogP contribution in [0.3, 0.4) is 0 Å². The van der Waals surface area contributed by atoms with Crippen molar-refractivity contribution in [1.82, 2.24) is 0 Å². The van der Waals surface area contributed by atoms with Gasteiger partial charge in [-0.3, -0.25) is 0 Å². The van der Waals surface area contributed by atoms with E-state index in [0.717, 1.165) is 18.2 Å². The number of carbonyl (C=O) groups excluding carboxylic acids is 1. The maximum absolute atomic E-state index is 9.76. The number of aliphatic carboxylic acids is 1. The molecule has 0 saturated carbocycles. The summed E-state index contributed by atoms with van der Waals surface area (Å²) in [5, 5.41) is 9.76. The second-order valence-electron chi connectivity index (χ2n) is 1.50. The van der Waals surface area contributed by atoms with E-state index in [9.17, 15) is 9.90 Å². The zero-order chi connectivity index (χ0) is 7.11. The van der Waals surface area contributed by atoms with Crippen molar-refractivity contribution in [2.24, 2.45) is 0 Å². The molecule has 0 aliphatic rings. The summed E-state index contributed by atoms with van der Waals surface area (Å²) in [7, 11) is 0. The molecule has 10 heavy (non-hydrogen) atoms. The maximum Gasteiger partial charge on any atom is 1.00 e. The maximum atomic E-state index is 9.76. The molecule has 0 rings (SSSR count). The molecule has 0 heterocycles. The molecule has 2 nitrogen and oxygen atoms in total. The molecule has 0 aromatic heterocycles. The zero-order valence-corrected chi connectivity index (χ0v) is 7.11. The monoisotopic (exact) mass is 152 g/mol. The van der Waals surface area contributed by atoms with Crippen molar-refractivity contribution in [3.63, 3.8) is 0 Å². The molecule has 0 N–H and O–H groups in total. The Morgan fingerprint density at radius 2 is 2.30 bits per heavy atom. The summed E-state index contributed by atoms with van der Waals surface area (Å²) >= 11 is 1.69. The number of allylic oxidation sites excluding steroid dienone is 1. The van der Waals surface area contributed by atoms with E-state index >= 15 is 0 Å². The smallest absolute Gasteiger partial charge is 0.545 e. The molecule has 0 aromatic carbocycles. The summed E-state index contributed by atoms with van der Waals surface area (Å²) in [5.74, 6) is -0.153. The molecule has 0 amide bonds. The molecular weight excluding hydrogens is 143 g/mol. The largest absolute Gasteiger partial charge is 1.00 e. The molecule has 0 unspecified atom stereocenters. The number of thioether (sulfide) groups is 1. The van der Waals surface area contributed by atoms with Crippen molar-refractivity contribution in [3.8, 4) is 0 Å². The molecule has 0 radical (unpaired) electrons. The molecule has 0 aromatic rings. The normalized spacial score (nSPS) is 9.30. The fraction of sp³-hybridized carbons (Fsp3) is 0.500. The average molecular weight is 152 g/mol. The van der Waals surface area contributed by atoms with Crippen LogP contribution in [0, 0.1) is 0 Å². The van der Waals surface area contributed by atoms with E-state index in [2.05, 4.69) is 0 Å². The minimum atomic E-state index is -1.11. The first kappa shape index (κ1) is 12.8. The van der Waals surface area contributed by atoms with Gasteiger partial charge in [0.15, 0.2) is 0 Å². The summed E-state index contributed by atoms with van der Waals surface area (Å²) in [6.07, 6.45) is 5.45. The van der Waals surface area contributed by atoms with Gasteiger partial charge in [0.1, 0.15) is 0 Å². The predicted molar refractivity (Wildman–Crippen MR) is 37.1 cm³/mol. The first-order valence-electron chi connectivity index (χ1n) is 2.64. The van der Waals surface area contributed by atoms with Gasteiger partial charge in [-0.25, -0.2) is 0 Å². The number of carbonyl (C=O) groups is 1. The standard InChI is InChI=1S/C6H10O2S.Li/c1-9-5-3-2-4-6(7)8;/h2,4H,3,5H2,1H3,(H,7,8);/q;+1/p-1/b4-2+;. The van der Waals surface area contributed by atoms with Crippen LogP contribution in [0.2, 0.25) is 0 Å². The predicted octanol–water partition coefficient (Wildman–Crippen LogP) is -2.95. The molecule has 0 aliphatic heterocycles. The van der Waals surface area contributed by atoms with Gasteiger partial charge in [-0.05, 0) is 24.5 Å². The van der Waals surface area contributed by atoms with Crippen molar-refractivity contribution < 1.29 is 28.8 Å². The number of hydrogen-bond donors (Lipinski definition) is 0. The minimum absolute atomic E-state index is 0. The molecule has 52 valence electrons. The van der Waals surface area contributed by atoms with Crippen molar-refractivity contribution in [2.45, 2.75) is 6.42 Å². The van der Waals surface area contributed by atoms with Crippen molar-refractivity contribution in [3.05, 3.63) is 12.2 Å². The summed E-state index contributed by atoms with van der Waals surface area (Å²) in [4.78, 5) is 9.76. The Morgan fingerprint density at radius 1 is 1.70 bits per heavy atom. The Bertz CT molecular complexity index is 114. The van der Waals surface area contributed by atoms with E-state index < -0.39 is 5.97 Å². The van der Waals surface area contributed by atoms with Crippen LogP contribution in [0.1, 0.15) is 6.42 Å². The second-order valence-corrected chi connectivity index (χ2v) is 2.49. The van der Waals surface area contributed by atoms with Crippen molar-refractivity contribution in [2.75, 3.05) is 12.0 Å². The van der Waals surface area contributed by atoms with Crippen LogP contribution in [0.4, 0.5) is 0 Å². The fourth-order valence-electron chi connectivity index (χ4n) is 0.365. The van der Waals surface area contributed by atoms with Gasteiger partial charge >= 0.3 is 18.9 Å². The first-order chi connectivity index (χ1) is 4.27. The van der Waals surface area contributed by atoms with Gasteiger partial charge in [0.2, 0.25) is 0 Å². The molecular formula is C6H9LiO2S. The average Bonchev–Trinajstić information content (AvgIpc) is 1.80. The van der Waals surface area contributed by atoms with Gasteiger partial charge in [-0.2, -0.15) is 11.8 Å². The van der Waals surface area contributed by atoms with Gasteiger partial charge in [-0.1, -0.05) is 6.08 Å². The molecule has 4 heteroatoms. The molecule has 0 spiro atoms. The first-order valence-corrected chi connectivity index (χ1v) is 4.03. The summed E-state index contributed by atoms with van der Waals surface area (Å²) < 4.78 is 0. The zero-order valence-electron chi connectivity index (χ0n) is 6.29. The number of carboxylic acid groups (broad SMARTS) is 1. The Hall–Kier alpha value is 0.157.